The predicted molar refractivity (Wildman–Crippen MR) is 101 cm³/mol. The van der Waals surface area contributed by atoms with E-state index in [4.69, 9.17) is 0 Å². The minimum absolute atomic E-state index is 0.0240. The molecule has 0 saturated heterocycles. The Morgan fingerprint density at radius 2 is 1.63 bits per heavy atom. The highest BCUT2D eigenvalue weighted by Crippen LogP contribution is 2.31. The molecular weight excluding hydrogens is 405 g/mol. The Kier molecular flexibility index (Phi) is 5.52. The molecule has 3 aromatic rings. The average Bonchev–Trinajstić information content (AvgIpc) is 2.65. The lowest BCUT2D eigenvalue weighted by Gasteiger charge is -2.22. The van der Waals surface area contributed by atoms with Crippen molar-refractivity contribution in [1.82, 2.24) is 15.0 Å². The van der Waals surface area contributed by atoms with E-state index in [-0.39, 0.29) is 28.8 Å². The summed E-state index contributed by atoms with van der Waals surface area (Å²) in [5.41, 5.74) is -2.01. The average molecular weight is 420 g/mol. The van der Waals surface area contributed by atoms with Gasteiger partial charge in [-0.2, -0.15) is 9.37 Å². The fourth-order valence-corrected chi connectivity index (χ4v) is 2.55. The highest BCUT2D eigenvalue weighted by Gasteiger charge is 2.23. The van der Waals surface area contributed by atoms with E-state index in [1.54, 1.807) is 0 Å². The van der Waals surface area contributed by atoms with E-state index in [1.807, 2.05) is 0 Å². The molecule has 3 N–H and O–H groups in total. The van der Waals surface area contributed by atoms with E-state index in [0.717, 1.165) is 30.6 Å². The van der Waals surface area contributed by atoms with Gasteiger partial charge in [0.15, 0.2) is 11.6 Å². The Morgan fingerprint density at radius 3 is 2.27 bits per heavy atom. The van der Waals surface area contributed by atoms with Crippen LogP contribution in [0.25, 0.3) is 0 Å². The largest absolute Gasteiger partial charge is 0.386 e. The van der Waals surface area contributed by atoms with Gasteiger partial charge in [-0.25, -0.2) is 18.7 Å². The molecule has 156 valence electrons. The number of aliphatic hydroxyl groups is 1. The highest BCUT2D eigenvalue weighted by atomic mass is 19.2. The van der Waals surface area contributed by atoms with Crippen molar-refractivity contribution in [2.75, 3.05) is 10.6 Å². The zero-order chi connectivity index (χ0) is 22.1. The second kappa shape index (κ2) is 7.91. The molecule has 9 nitrogen and oxygen atoms in total. The summed E-state index contributed by atoms with van der Waals surface area (Å²) >= 11 is 0. The van der Waals surface area contributed by atoms with E-state index in [2.05, 4.69) is 25.6 Å². The summed E-state index contributed by atoms with van der Waals surface area (Å²) in [6.45, 7) is 2.79. The number of nitro benzene ring substituents is 1. The van der Waals surface area contributed by atoms with Crippen LogP contribution in [0.15, 0.2) is 36.7 Å². The molecule has 12 heteroatoms. The van der Waals surface area contributed by atoms with Gasteiger partial charge in [0.2, 0.25) is 17.7 Å². The Bertz CT molecular complexity index is 1120. The van der Waals surface area contributed by atoms with E-state index < -0.39 is 33.7 Å². The van der Waals surface area contributed by atoms with Crippen molar-refractivity contribution in [2.45, 2.75) is 19.4 Å². The van der Waals surface area contributed by atoms with Crippen LogP contribution in [0.2, 0.25) is 0 Å². The van der Waals surface area contributed by atoms with Crippen molar-refractivity contribution in [3.8, 4) is 0 Å². The molecule has 0 saturated carbocycles. The first kappa shape index (κ1) is 20.9. The topological polar surface area (TPSA) is 126 Å². The van der Waals surface area contributed by atoms with Gasteiger partial charge >= 0.3 is 5.69 Å². The number of halogens is 3. The van der Waals surface area contributed by atoms with Gasteiger partial charge in [-0.3, -0.25) is 10.1 Å². The number of rotatable bonds is 6. The first-order valence-electron chi connectivity index (χ1n) is 8.43. The van der Waals surface area contributed by atoms with Crippen LogP contribution in [-0.4, -0.2) is 25.0 Å². The summed E-state index contributed by atoms with van der Waals surface area (Å²) in [5, 5.41) is 26.4. The second-order valence-corrected chi connectivity index (χ2v) is 6.68. The number of anilines is 4. The van der Waals surface area contributed by atoms with Crippen molar-refractivity contribution >= 4 is 29.0 Å². The molecule has 0 aliphatic rings. The third-order valence-electron chi connectivity index (χ3n) is 3.94. The Hall–Kier alpha value is -3.80. The summed E-state index contributed by atoms with van der Waals surface area (Å²) in [6.07, 6.45) is 1.10. The Morgan fingerprint density at radius 1 is 1.00 bits per heavy atom. The lowest BCUT2D eigenvalue weighted by molar-refractivity contribution is -0.387. The monoisotopic (exact) mass is 420 g/mol. The minimum Gasteiger partial charge on any atom is -0.386 e. The van der Waals surface area contributed by atoms with Crippen molar-refractivity contribution < 1.29 is 23.2 Å². The van der Waals surface area contributed by atoms with Crippen LogP contribution in [0, 0.1) is 27.6 Å². The number of nitrogens with one attached hydrogen (secondary N) is 2. The summed E-state index contributed by atoms with van der Waals surface area (Å²) < 4.78 is 40.8. The molecule has 1 heterocycles. The molecule has 0 amide bonds. The summed E-state index contributed by atoms with van der Waals surface area (Å²) in [5.74, 6) is -3.41. The quantitative estimate of drug-likeness (QED) is 0.405. The van der Waals surface area contributed by atoms with Gasteiger partial charge < -0.3 is 15.7 Å². The molecule has 2 aromatic carbocycles. The Labute approximate surface area is 167 Å². The third-order valence-corrected chi connectivity index (χ3v) is 3.94. The van der Waals surface area contributed by atoms with Gasteiger partial charge in [0.25, 0.3) is 0 Å². The van der Waals surface area contributed by atoms with E-state index in [9.17, 15) is 28.4 Å². The van der Waals surface area contributed by atoms with Crippen LogP contribution in [0.1, 0.15) is 19.4 Å². The summed E-state index contributed by atoms with van der Waals surface area (Å²) in [4.78, 5) is 21.7. The second-order valence-electron chi connectivity index (χ2n) is 6.68. The molecule has 30 heavy (non-hydrogen) atoms. The zero-order valence-corrected chi connectivity index (χ0v) is 15.7. The van der Waals surface area contributed by atoms with Crippen LogP contribution in [-0.2, 0) is 5.60 Å². The third kappa shape index (κ3) is 4.60. The van der Waals surface area contributed by atoms with E-state index in [0.29, 0.717) is 0 Å². The van der Waals surface area contributed by atoms with Gasteiger partial charge in [0, 0.05) is 23.4 Å². The van der Waals surface area contributed by atoms with Crippen molar-refractivity contribution in [1.29, 1.82) is 0 Å². The van der Waals surface area contributed by atoms with Crippen LogP contribution in [0.5, 0.6) is 0 Å². The maximum absolute atomic E-state index is 13.7. The number of hydrogen-bond acceptors (Lipinski definition) is 8. The zero-order valence-electron chi connectivity index (χ0n) is 15.7. The van der Waals surface area contributed by atoms with Crippen LogP contribution in [0.3, 0.4) is 0 Å². The SMILES string of the molecule is CC(C)(O)c1cc(F)c(F)cc1Nc1ncnc(Nc2ccc(F)c([N+](=O)[O-])c2)n1. The predicted octanol–water partition coefficient (Wildman–Crippen LogP) is 3.91. The Balaban J connectivity index is 1.90. The number of hydrogen-bond donors (Lipinski definition) is 3. The van der Waals surface area contributed by atoms with Crippen LogP contribution in [0.4, 0.5) is 42.1 Å². The van der Waals surface area contributed by atoms with Crippen molar-refractivity contribution in [3.05, 3.63) is 69.8 Å². The van der Waals surface area contributed by atoms with Gasteiger partial charge in [0.1, 0.15) is 6.33 Å². The molecule has 0 radical (unpaired) electrons. The van der Waals surface area contributed by atoms with Gasteiger partial charge in [-0.1, -0.05) is 0 Å². The molecular formula is C18H15F3N6O3. The van der Waals surface area contributed by atoms with Gasteiger partial charge in [0.05, 0.1) is 16.2 Å². The van der Waals surface area contributed by atoms with Gasteiger partial charge in [-0.15, -0.1) is 0 Å². The molecule has 0 aliphatic heterocycles. The lowest BCUT2D eigenvalue weighted by atomic mass is 9.96. The van der Waals surface area contributed by atoms with Gasteiger partial charge in [-0.05, 0) is 32.0 Å². The number of nitro groups is 1. The van der Waals surface area contributed by atoms with Crippen molar-refractivity contribution in [2.24, 2.45) is 0 Å². The molecule has 0 atom stereocenters. The molecule has 1 aromatic heterocycles. The standard InChI is InChI=1S/C18H15F3N6O3/c1-18(2,28)10-6-12(20)13(21)7-14(10)25-17-23-8-22-16(26-17)24-9-3-4-11(19)15(5-9)27(29)30/h3-8,28H,1-2H3,(H2,22,23,24,25,26). The fourth-order valence-electron chi connectivity index (χ4n) is 2.55. The van der Waals surface area contributed by atoms with E-state index >= 15 is 0 Å². The molecule has 0 bridgehead atoms. The van der Waals surface area contributed by atoms with Crippen LogP contribution >= 0.6 is 0 Å². The maximum Gasteiger partial charge on any atom is 0.306 e. The number of nitrogens with zero attached hydrogens (tertiary/aromatic N) is 4. The first-order chi connectivity index (χ1) is 14.0. The maximum atomic E-state index is 13.7. The summed E-state index contributed by atoms with van der Waals surface area (Å²) in [6, 6.07) is 4.84. The van der Waals surface area contributed by atoms with Crippen molar-refractivity contribution in [3.63, 3.8) is 0 Å². The molecule has 0 unspecified atom stereocenters. The lowest BCUT2D eigenvalue weighted by Crippen LogP contribution is -2.18. The molecule has 0 aliphatic carbocycles. The minimum atomic E-state index is -1.50. The molecule has 0 spiro atoms. The van der Waals surface area contributed by atoms with Crippen LogP contribution < -0.4 is 10.6 Å². The highest BCUT2D eigenvalue weighted by molar-refractivity contribution is 5.62. The number of benzene rings is 2. The normalized spacial score (nSPS) is 11.3. The molecule has 0 fully saturated rings. The molecule has 3 rings (SSSR count). The number of aromatic nitrogens is 3. The smallest absolute Gasteiger partial charge is 0.306 e. The first-order valence-corrected chi connectivity index (χ1v) is 8.43. The fraction of sp³-hybridized carbons (Fsp3) is 0.167. The summed E-state index contributed by atoms with van der Waals surface area (Å²) in [7, 11) is 0. The van der Waals surface area contributed by atoms with E-state index in [1.165, 1.54) is 19.9 Å².